The molecule has 0 saturated carbocycles. The molecule has 2 aromatic carbocycles. The molecule has 0 atom stereocenters. The molecular weight excluding hydrogens is 276 g/mol. The molecule has 108 valence electrons. The lowest BCUT2D eigenvalue weighted by molar-refractivity contribution is 0.0619. The van der Waals surface area contributed by atoms with Crippen molar-refractivity contribution >= 4 is 22.6 Å². The zero-order valence-electron chi connectivity index (χ0n) is 12.1. The molecular formula is C18H14N2O2. The number of hydrogen-bond donors (Lipinski definition) is 0. The standard InChI is InChI=1S/C18H14N2O2/c1-2-20-17(21)13-7-5-6-12-15(19-10-3-4-11-19)9-8-14(16(12)13)18(20)22/h3-11H,2H2,1H3. The zero-order valence-corrected chi connectivity index (χ0v) is 12.1. The molecule has 3 aromatic rings. The lowest BCUT2D eigenvalue weighted by Crippen LogP contribution is -2.40. The predicted octanol–water partition coefficient (Wildman–Crippen LogP) is 3.25. The molecule has 0 unspecified atom stereocenters. The van der Waals surface area contributed by atoms with Crippen LogP contribution in [0.2, 0.25) is 0 Å². The third-order valence-electron chi connectivity index (χ3n) is 4.17. The maximum Gasteiger partial charge on any atom is 0.261 e. The van der Waals surface area contributed by atoms with Crippen molar-refractivity contribution in [3.05, 3.63) is 66.0 Å². The number of amides is 2. The Kier molecular flexibility index (Phi) is 2.66. The van der Waals surface area contributed by atoms with Crippen molar-refractivity contribution in [1.29, 1.82) is 0 Å². The number of aromatic nitrogens is 1. The van der Waals surface area contributed by atoms with Crippen LogP contribution in [0.15, 0.2) is 54.9 Å². The summed E-state index contributed by atoms with van der Waals surface area (Å²) in [7, 11) is 0. The Labute approximate surface area is 127 Å². The maximum absolute atomic E-state index is 12.5. The van der Waals surface area contributed by atoms with Gasteiger partial charge in [0.05, 0.1) is 5.69 Å². The van der Waals surface area contributed by atoms with Crippen LogP contribution in [0.1, 0.15) is 27.6 Å². The average Bonchev–Trinajstić information content (AvgIpc) is 3.07. The minimum atomic E-state index is -0.213. The van der Waals surface area contributed by atoms with Gasteiger partial charge in [-0.3, -0.25) is 14.5 Å². The van der Waals surface area contributed by atoms with Crippen molar-refractivity contribution in [3.63, 3.8) is 0 Å². The van der Waals surface area contributed by atoms with Gasteiger partial charge in [-0.25, -0.2) is 0 Å². The molecule has 4 heteroatoms. The van der Waals surface area contributed by atoms with Crippen LogP contribution in [0.5, 0.6) is 0 Å². The Morgan fingerprint density at radius 3 is 2.23 bits per heavy atom. The van der Waals surface area contributed by atoms with E-state index in [1.165, 1.54) is 4.90 Å². The highest BCUT2D eigenvalue weighted by atomic mass is 16.2. The molecule has 2 amide bonds. The lowest BCUT2D eigenvalue weighted by atomic mass is 9.93. The smallest absolute Gasteiger partial charge is 0.261 e. The van der Waals surface area contributed by atoms with Crippen molar-refractivity contribution in [2.24, 2.45) is 0 Å². The first kappa shape index (κ1) is 12.8. The van der Waals surface area contributed by atoms with E-state index in [2.05, 4.69) is 0 Å². The fourth-order valence-electron chi connectivity index (χ4n) is 3.14. The first-order chi connectivity index (χ1) is 10.7. The molecule has 1 aliphatic rings. The van der Waals surface area contributed by atoms with Crippen LogP contribution in [0, 0.1) is 0 Å². The van der Waals surface area contributed by atoms with E-state index in [-0.39, 0.29) is 11.8 Å². The third-order valence-corrected chi connectivity index (χ3v) is 4.17. The Hall–Kier alpha value is -2.88. The van der Waals surface area contributed by atoms with Gasteiger partial charge in [-0.1, -0.05) is 12.1 Å². The van der Waals surface area contributed by atoms with E-state index in [4.69, 9.17) is 0 Å². The van der Waals surface area contributed by atoms with Crippen LogP contribution in [0.3, 0.4) is 0 Å². The number of carbonyl (C=O) groups excluding carboxylic acids is 2. The summed E-state index contributed by atoms with van der Waals surface area (Å²) in [5, 5.41) is 1.68. The van der Waals surface area contributed by atoms with Crippen LogP contribution < -0.4 is 0 Å². The van der Waals surface area contributed by atoms with E-state index >= 15 is 0 Å². The van der Waals surface area contributed by atoms with Gasteiger partial charge in [0.1, 0.15) is 0 Å². The van der Waals surface area contributed by atoms with Crippen LogP contribution in [0.25, 0.3) is 16.5 Å². The molecule has 0 N–H and O–H groups in total. The Balaban J connectivity index is 2.09. The average molecular weight is 290 g/mol. The fourth-order valence-corrected chi connectivity index (χ4v) is 3.14. The quantitative estimate of drug-likeness (QED) is 0.680. The Morgan fingerprint density at radius 2 is 1.55 bits per heavy atom. The minimum Gasteiger partial charge on any atom is -0.323 e. The number of nitrogens with zero attached hydrogens (tertiary/aromatic N) is 2. The van der Waals surface area contributed by atoms with Gasteiger partial charge in [0, 0.05) is 40.8 Å². The number of imide groups is 1. The molecule has 22 heavy (non-hydrogen) atoms. The summed E-state index contributed by atoms with van der Waals surface area (Å²) in [6.07, 6.45) is 3.91. The van der Waals surface area contributed by atoms with Crippen molar-refractivity contribution in [3.8, 4) is 5.69 Å². The second-order valence-electron chi connectivity index (χ2n) is 5.31. The molecule has 0 radical (unpaired) electrons. The zero-order chi connectivity index (χ0) is 15.3. The highest BCUT2D eigenvalue weighted by Gasteiger charge is 2.32. The molecule has 0 saturated heterocycles. The van der Waals surface area contributed by atoms with Gasteiger partial charge >= 0.3 is 0 Å². The molecule has 1 aliphatic heterocycles. The van der Waals surface area contributed by atoms with Gasteiger partial charge in [0.15, 0.2) is 0 Å². The normalized spacial score (nSPS) is 14.0. The summed E-state index contributed by atoms with van der Waals surface area (Å²) < 4.78 is 1.99. The SMILES string of the molecule is CCN1C(=O)c2cccc3c(-n4cccc4)ccc(c23)C1=O. The fraction of sp³-hybridized carbons (Fsp3) is 0.111. The minimum absolute atomic E-state index is 0.213. The second-order valence-corrected chi connectivity index (χ2v) is 5.31. The van der Waals surface area contributed by atoms with E-state index in [1.54, 1.807) is 6.07 Å². The van der Waals surface area contributed by atoms with E-state index in [1.807, 2.05) is 60.3 Å². The van der Waals surface area contributed by atoms with Crippen LogP contribution in [-0.4, -0.2) is 27.8 Å². The van der Waals surface area contributed by atoms with Gasteiger partial charge in [-0.15, -0.1) is 0 Å². The highest BCUT2D eigenvalue weighted by molar-refractivity contribution is 6.26. The molecule has 0 spiro atoms. The van der Waals surface area contributed by atoms with Crippen LogP contribution in [-0.2, 0) is 0 Å². The molecule has 4 nitrogen and oxygen atoms in total. The summed E-state index contributed by atoms with van der Waals surface area (Å²) in [6, 6.07) is 13.3. The number of carbonyl (C=O) groups is 2. The third kappa shape index (κ3) is 1.58. The lowest BCUT2D eigenvalue weighted by Gasteiger charge is -2.26. The van der Waals surface area contributed by atoms with Crippen LogP contribution >= 0.6 is 0 Å². The highest BCUT2D eigenvalue weighted by Crippen LogP contribution is 2.33. The first-order valence-corrected chi connectivity index (χ1v) is 7.27. The van der Waals surface area contributed by atoms with Crippen molar-refractivity contribution in [1.82, 2.24) is 9.47 Å². The van der Waals surface area contributed by atoms with Gasteiger partial charge in [0.25, 0.3) is 11.8 Å². The molecule has 1 aromatic heterocycles. The molecule has 4 rings (SSSR count). The van der Waals surface area contributed by atoms with E-state index in [0.717, 1.165) is 16.5 Å². The molecule has 0 fully saturated rings. The predicted molar refractivity (Wildman–Crippen MR) is 84.3 cm³/mol. The topological polar surface area (TPSA) is 42.3 Å². The second kappa shape index (κ2) is 4.56. The van der Waals surface area contributed by atoms with Gasteiger partial charge in [-0.05, 0) is 37.3 Å². The summed E-state index contributed by atoms with van der Waals surface area (Å²) in [4.78, 5) is 26.4. The van der Waals surface area contributed by atoms with Crippen molar-refractivity contribution in [2.45, 2.75) is 6.92 Å². The monoisotopic (exact) mass is 290 g/mol. The van der Waals surface area contributed by atoms with Gasteiger partial charge < -0.3 is 4.57 Å². The Bertz CT molecular complexity index is 888. The first-order valence-electron chi connectivity index (χ1n) is 7.27. The maximum atomic E-state index is 12.5. The number of benzene rings is 2. The van der Waals surface area contributed by atoms with Gasteiger partial charge in [-0.2, -0.15) is 0 Å². The van der Waals surface area contributed by atoms with E-state index < -0.39 is 0 Å². The van der Waals surface area contributed by atoms with E-state index in [9.17, 15) is 9.59 Å². The van der Waals surface area contributed by atoms with Crippen LogP contribution in [0.4, 0.5) is 0 Å². The molecule has 0 aliphatic carbocycles. The van der Waals surface area contributed by atoms with E-state index in [0.29, 0.717) is 17.7 Å². The Morgan fingerprint density at radius 1 is 0.864 bits per heavy atom. The summed E-state index contributed by atoms with van der Waals surface area (Å²) >= 11 is 0. The summed E-state index contributed by atoms with van der Waals surface area (Å²) in [5.74, 6) is -0.425. The largest absolute Gasteiger partial charge is 0.323 e. The van der Waals surface area contributed by atoms with Gasteiger partial charge in [0.2, 0.25) is 0 Å². The summed E-state index contributed by atoms with van der Waals surface area (Å²) in [5.41, 5.74) is 2.17. The van der Waals surface area contributed by atoms with Crippen molar-refractivity contribution in [2.75, 3.05) is 6.54 Å². The molecule has 2 heterocycles. The number of hydrogen-bond acceptors (Lipinski definition) is 2. The van der Waals surface area contributed by atoms with Crippen molar-refractivity contribution < 1.29 is 9.59 Å². The number of rotatable bonds is 2. The summed E-state index contributed by atoms with van der Waals surface area (Å²) in [6.45, 7) is 2.20. The molecule has 0 bridgehead atoms.